The van der Waals surface area contributed by atoms with E-state index in [1.165, 1.54) is 5.39 Å². The average molecular weight is 357 g/mol. The molecule has 4 nitrogen and oxygen atoms in total. The van der Waals surface area contributed by atoms with Gasteiger partial charge in [-0.15, -0.1) is 0 Å². The summed E-state index contributed by atoms with van der Waals surface area (Å²) in [5.41, 5.74) is 1.04. The summed E-state index contributed by atoms with van der Waals surface area (Å²) < 4.78 is 11.4. The van der Waals surface area contributed by atoms with Gasteiger partial charge < -0.3 is 14.5 Å². The molecule has 0 aliphatic rings. The van der Waals surface area contributed by atoms with Gasteiger partial charge in [-0.05, 0) is 40.6 Å². The van der Waals surface area contributed by atoms with Gasteiger partial charge in [-0.2, -0.15) is 0 Å². The monoisotopic (exact) mass is 357 g/mol. The molecule has 134 valence electrons. The maximum Gasteiger partial charge on any atom is 0.287 e. The number of benzene rings is 3. The highest BCUT2D eigenvalue weighted by molar-refractivity contribution is 5.91. The Bertz CT molecular complexity index is 1050. The summed E-state index contributed by atoms with van der Waals surface area (Å²) in [4.78, 5) is 12.2. The Kier molecular flexibility index (Phi) is 4.88. The van der Waals surface area contributed by atoms with E-state index in [0.29, 0.717) is 12.3 Å². The normalized spacial score (nSPS) is 10.7. The molecule has 0 fully saturated rings. The second kappa shape index (κ2) is 7.79. The highest BCUT2D eigenvalue weighted by Gasteiger charge is 2.11. The molecule has 0 radical (unpaired) electrons. The molecular formula is C23H19NO3. The molecule has 4 aromatic rings. The van der Waals surface area contributed by atoms with Crippen molar-refractivity contribution in [1.82, 2.24) is 5.32 Å². The molecule has 0 spiro atoms. The predicted octanol–water partition coefficient (Wildman–Crippen LogP) is 4.94. The summed E-state index contributed by atoms with van der Waals surface area (Å²) in [5, 5.41) is 5.14. The minimum absolute atomic E-state index is 0.240. The van der Waals surface area contributed by atoms with Gasteiger partial charge in [0.1, 0.15) is 18.1 Å². The lowest BCUT2D eigenvalue weighted by Gasteiger charge is -2.06. The number of hydrogen-bond donors (Lipinski definition) is 1. The zero-order valence-electron chi connectivity index (χ0n) is 14.7. The standard InChI is InChI=1S/C23H19NO3/c25-23(24-15-17-6-2-1-3-7-17)22-13-12-21(27-22)16-26-20-11-10-18-8-4-5-9-19(18)14-20/h1-14H,15-16H2,(H,24,25). The van der Waals surface area contributed by atoms with E-state index in [9.17, 15) is 4.79 Å². The molecule has 0 saturated carbocycles. The third-order valence-electron chi connectivity index (χ3n) is 4.28. The van der Waals surface area contributed by atoms with Crippen molar-refractivity contribution in [1.29, 1.82) is 0 Å². The quantitative estimate of drug-likeness (QED) is 0.532. The molecule has 3 aromatic carbocycles. The van der Waals surface area contributed by atoms with E-state index < -0.39 is 0 Å². The molecule has 1 N–H and O–H groups in total. The Morgan fingerprint density at radius 3 is 2.48 bits per heavy atom. The molecular weight excluding hydrogens is 338 g/mol. The van der Waals surface area contributed by atoms with Crippen LogP contribution in [0.1, 0.15) is 21.9 Å². The Morgan fingerprint density at radius 1 is 0.852 bits per heavy atom. The summed E-state index contributed by atoms with van der Waals surface area (Å²) in [6.07, 6.45) is 0. The molecule has 0 unspecified atom stereocenters. The van der Waals surface area contributed by atoms with Crippen LogP contribution >= 0.6 is 0 Å². The third kappa shape index (κ3) is 4.18. The number of rotatable bonds is 6. The zero-order chi connectivity index (χ0) is 18.5. The number of furan rings is 1. The number of carbonyl (C=O) groups excluding carboxylic acids is 1. The molecule has 0 bridgehead atoms. The number of amides is 1. The fourth-order valence-electron chi connectivity index (χ4n) is 2.85. The first-order valence-corrected chi connectivity index (χ1v) is 8.80. The summed E-state index contributed by atoms with van der Waals surface area (Å²) in [6.45, 7) is 0.730. The molecule has 0 saturated heterocycles. The molecule has 1 amide bonds. The van der Waals surface area contributed by atoms with Crippen LogP contribution < -0.4 is 10.1 Å². The first-order valence-electron chi connectivity index (χ1n) is 8.80. The highest BCUT2D eigenvalue weighted by Crippen LogP contribution is 2.21. The van der Waals surface area contributed by atoms with Crippen LogP contribution in [-0.4, -0.2) is 5.91 Å². The van der Waals surface area contributed by atoms with E-state index in [1.807, 2.05) is 66.7 Å². The largest absolute Gasteiger partial charge is 0.486 e. The van der Waals surface area contributed by atoms with Crippen molar-refractivity contribution in [2.45, 2.75) is 13.2 Å². The molecule has 1 heterocycles. The van der Waals surface area contributed by atoms with Crippen molar-refractivity contribution in [2.24, 2.45) is 0 Å². The summed E-state index contributed by atoms with van der Waals surface area (Å²) >= 11 is 0. The van der Waals surface area contributed by atoms with Gasteiger partial charge in [-0.1, -0.05) is 60.7 Å². The lowest BCUT2D eigenvalue weighted by Crippen LogP contribution is -2.22. The first-order chi connectivity index (χ1) is 13.3. The van der Waals surface area contributed by atoms with Crippen molar-refractivity contribution in [3.63, 3.8) is 0 Å². The van der Waals surface area contributed by atoms with E-state index in [-0.39, 0.29) is 18.3 Å². The molecule has 0 aliphatic carbocycles. The lowest BCUT2D eigenvalue weighted by atomic mass is 10.1. The first kappa shape index (κ1) is 16.9. The summed E-state index contributed by atoms with van der Waals surface area (Å²) in [5.74, 6) is 1.41. The number of ether oxygens (including phenoxy) is 1. The fourth-order valence-corrected chi connectivity index (χ4v) is 2.85. The molecule has 4 rings (SSSR count). The number of hydrogen-bond acceptors (Lipinski definition) is 3. The number of fused-ring (bicyclic) bond motifs is 1. The smallest absolute Gasteiger partial charge is 0.287 e. The van der Waals surface area contributed by atoms with Gasteiger partial charge in [0.05, 0.1) is 0 Å². The molecule has 27 heavy (non-hydrogen) atoms. The van der Waals surface area contributed by atoms with Gasteiger partial charge in [0.25, 0.3) is 5.91 Å². The van der Waals surface area contributed by atoms with Crippen molar-refractivity contribution in [3.8, 4) is 5.75 Å². The Balaban J connectivity index is 1.35. The maximum atomic E-state index is 12.2. The fraction of sp³-hybridized carbons (Fsp3) is 0.0870. The van der Waals surface area contributed by atoms with Crippen molar-refractivity contribution in [2.75, 3.05) is 0 Å². The average Bonchev–Trinajstić information content (AvgIpc) is 3.20. The van der Waals surface area contributed by atoms with Crippen LogP contribution in [0.15, 0.2) is 89.3 Å². The van der Waals surface area contributed by atoms with Crippen LogP contribution in [-0.2, 0) is 13.2 Å². The Hall–Kier alpha value is -3.53. The van der Waals surface area contributed by atoms with Gasteiger partial charge in [0.15, 0.2) is 5.76 Å². The van der Waals surface area contributed by atoms with Crippen LogP contribution in [0.3, 0.4) is 0 Å². The van der Waals surface area contributed by atoms with E-state index in [4.69, 9.17) is 9.15 Å². The topological polar surface area (TPSA) is 51.5 Å². The van der Waals surface area contributed by atoms with Crippen LogP contribution in [0.4, 0.5) is 0 Å². The van der Waals surface area contributed by atoms with Crippen molar-refractivity contribution in [3.05, 3.63) is 102 Å². The van der Waals surface area contributed by atoms with Gasteiger partial charge in [0.2, 0.25) is 0 Å². The van der Waals surface area contributed by atoms with Crippen LogP contribution in [0.25, 0.3) is 10.8 Å². The van der Waals surface area contributed by atoms with E-state index in [1.54, 1.807) is 12.1 Å². The van der Waals surface area contributed by atoms with E-state index in [2.05, 4.69) is 11.4 Å². The number of nitrogens with one attached hydrogen (secondary N) is 1. The van der Waals surface area contributed by atoms with Crippen LogP contribution in [0.5, 0.6) is 5.75 Å². The van der Waals surface area contributed by atoms with Gasteiger partial charge in [0, 0.05) is 6.54 Å². The molecule has 0 atom stereocenters. The molecule has 1 aromatic heterocycles. The SMILES string of the molecule is O=C(NCc1ccccc1)c1ccc(COc2ccc3ccccc3c2)o1. The molecule has 4 heteroatoms. The second-order valence-corrected chi connectivity index (χ2v) is 6.23. The minimum Gasteiger partial charge on any atom is -0.486 e. The number of carbonyl (C=O) groups is 1. The van der Waals surface area contributed by atoms with Gasteiger partial charge in [-0.3, -0.25) is 4.79 Å². The second-order valence-electron chi connectivity index (χ2n) is 6.23. The van der Waals surface area contributed by atoms with Gasteiger partial charge in [-0.25, -0.2) is 0 Å². The maximum absolute atomic E-state index is 12.2. The predicted molar refractivity (Wildman–Crippen MR) is 105 cm³/mol. The lowest BCUT2D eigenvalue weighted by molar-refractivity contribution is 0.0919. The minimum atomic E-state index is -0.240. The van der Waals surface area contributed by atoms with E-state index >= 15 is 0 Å². The Labute approximate surface area is 157 Å². The van der Waals surface area contributed by atoms with Crippen LogP contribution in [0.2, 0.25) is 0 Å². The Morgan fingerprint density at radius 2 is 1.63 bits per heavy atom. The summed E-state index contributed by atoms with van der Waals surface area (Å²) in [7, 11) is 0. The summed E-state index contributed by atoms with van der Waals surface area (Å²) in [6, 6.07) is 27.2. The van der Waals surface area contributed by atoms with E-state index in [0.717, 1.165) is 16.7 Å². The third-order valence-corrected chi connectivity index (χ3v) is 4.28. The van der Waals surface area contributed by atoms with Gasteiger partial charge >= 0.3 is 0 Å². The highest BCUT2D eigenvalue weighted by atomic mass is 16.5. The molecule has 0 aliphatic heterocycles. The van der Waals surface area contributed by atoms with Crippen molar-refractivity contribution >= 4 is 16.7 Å². The van der Waals surface area contributed by atoms with Crippen molar-refractivity contribution < 1.29 is 13.9 Å². The van der Waals surface area contributed by atoms with Crippen LogP contribution in [0, 0.1) is 0 Å². The zero-order valence-corrected chi connectivity index (χ0v) is 14.7.